The van der Waals surface area contributed by atoms with Crippen molar-refractivity contribution in [3.8, 4) is 5.75 Å². The summed E-state index contributed by atoms with van der Waals surface area (Å²) in [6, 6.07) is 4.32. The Morgan fingerprint density at radius 3 is 1.74 bits per heavy atom. The van der Waals surface area contributed by atoms with Gasteiger partial charge >= 0.3 is 0 Å². The Morgan fingerprint density at radius 2 is 1.32 bits per heavy atom. The highest BCUT2D eigenvalue weighted by Crippen LogP contribution is 2.28. The van der Waals surface area contributed by atoms with Gasteiger partial charge in [0.05, 0.1) is 0 Å². The highest BCUT2D eigenvalue weighted by atomic mass is 16.5. The Hall–Kier alpha value is -2.02. The van der Waals surface area contributed by atoms with Crippen molar-refractivity contribution >= 4 is 0 Å². The van der Waals surface area contributed by atoms with E-state index in [1.165, 1.54) is 5.56 Å². The lowest BCUT2D eigenvalue weighted by Crippen LogP contribution is -2.03. The molecule has 19 heavy (non-hydrogen) atoms. The SMILES string of the molecule is C=CCOc1c(CC=C)cc(CC=C)cc1CC=C. The lowest BCUT2D eigenvalue weighted by Gasteiger charge is -2.15. The van der Waals surface area contributed by atoms with E-state index in [2.05, 4.69) is 38.4 Å². The highest BCUT2D eigenvalue weighted by molar-refractivity contribution is 5.47. The number of ether oxygens (including phenoxy) is 1. The molecule has 0 bridgehead atoms. The normalized spacial score (nSPS) is 9.68. The van der Waals surface area contributed by atoms with Crippen LogP contribution in [0.5, 0.6) is 5.75 Å². The second kappa shape index (κ2) is 8.15. The maximum Gasteiger partial charge on any atom is 0.126 e. The zero-order valence-electron chi connectivity index (χ0n) is 11.5. The van der Waals surface area contributed by atoms with Crippen LogP contribution in [0.25, 0.3) is 0 Å². The van der Waals surface area contributed by atoms with Crippen LogP contribution in [0.15, 0.2) is 62.8 Å². The molecule has 0 saturated carbocycles. The van der Waals surface area contributed by atoms with Gasteiger partial charge < -0.3 is 4.74 Å². The van der Waals surface area contributed by atoms with Crippen molar-refractivity contribution in [1.82, 2.24) is 0 Å². The lowest BCUT2D eigenvalue weighted by molar-refractivity contribution is 0.356. The monoisotopic (exact) mass is 254 g/mol. The van der Waals surface area contributed by atoms with Gasteiger partial charge in [0.15, 0.2) is 0 Å². The standard InChI is InChI=1S/C18H22O/c1-5-9-15-13-16(10-6-2)18(19-12-8-4)17(14-15)11-7-3/h5-8,13-14H,1-4,9-12H2. The minimum Gasteiger partial charge on any atom is -0.489 e. The van der Waals surface area contributed by atoms with E-state index in [4.69, 9.17) is 4.74 Å². The zero-order chi connectivity index (χ0) is 14.1. The first-order chi connectivity index (χ1) is 9.26. The molecule has 0 aliphatic rings. The van der Waals surface area contributed by atoms with Crippen LogP contribution in [0.2, 0.25) is 0 Å². The minimum atomic E-state index is 0.509. The van der Waals surface area contributed by atoms with E-state index < -0.39 is 0 Å². The van der Waals surface area contributed by atoms with Gasteiger partial charge in [-0.25, -0.2) is 0 Å². The predicted molar refractivity (Wildman–Crippen MR) is 83.8 cm³/mol. The number of allylic oxidation sites excluding steroid dienone is 3. The lowest BCUT2D eigenvalue weighted by atomic mass is 9.98. The van der Waals surface area contributed by atoms with Gasteiger partial charge in [-0.15, -0.1) is 19.7 Å². The van der Waals surface area contributed by atoms with Gasteiger partial charge in [0.1, 0.15) is 12.4 Å². The van der Waals surface area contributed by atoms with Crippen LogP contribution in [0.1, 0.15) is 16.7 Å². The zero-order valence-corrected chi connectivity index (χ0v) is 11.5. The van der Waals surface area contributed by atoms with Gasteiger partial charge in [-0.3, -0.25) is 0 Å². The van der Waals surface area contributed by atoms with E-state index in [0.717, 1.165) is 36.1 Å². The van der Waals surface area contributed by atoms with E-state index in [-0.39, 0.29) is 0 Å². The average molecular weight is 254 g/mol. The molecule has 1 rings (SSSR count). The maximum absolute atomic E-state index is 5.82. The summed E-state index contributed by atoms with van der Waals surface area (Å²) in [5.41, 5.74) is 3.57. The van der Waals surface area contributed by atoms with Gasteiger partial charge in [0.25, 0.3) is 0 Å². The van der Waals surface area contributed by atoms with Crippen LogP contribution in [0, 0.1) is 0 Å². The van der Waals surface area contributed by atoms with Crippen LogP contribution in [0.3, 0.4) is 0 Å². The van der Waals surface area contributed by atoms with Crippen molar-refractivity contribution in [2.45, 2.75) is 19.3 Å². The van der Waals surface area contributed by atoms with Crippen LogP contribution >= 0.6 is 0 Å². The summed E-state index contributed by atoms with van der Waals surface area (Å²) in [6.45, 7) is 15.6. The third kappa shape index (κ3) is 4.29. The minimum absolute atomic E-state index is 0.509. The fourth-order valence-electron chi connectivity index (χ4n) is 2.05. The van der Waals surface area contributed by atoms with Crippen molar-refractivity contribution in [3.63, 3.8) is 0 Å². The highest BCUT2D eigenvalue weighted by Gasteiger charge is 2.10. The van der Waals surface area contributed by atoms with Gasteiger partial charge in [0.2, 0.25) is 0 Å². The fraction of sp³-hybridized carbons (Fsp3) is 0.222. The van der Waals surface area contributed by atoms with Gasteiger partial charge in [-0.05, 0) is 36.0 Å². The van der Waals surface area contributed by atoms with Crippen molar-refractivity contribution < 1.29 is 4.74 Å². The topological polar surface area (TPSA) is 9.23 Å². The molecule has 0 heterocycles. The van der Waals surface area contributed by atoms with Crippen molar-refractivity contribution in [2.75, 3.05) is 6.61 Å². The molecule has 1 aromatic carbocycles. The molecule has 0 atom stereocenters. The van der Waals surface area contributed by atoms with Crippen LogP contribution in [-0.2, 0) is 19.3 Å². The molecule has 0 unspecified atom stereocenters. The first-order valence-electron chi connectivity index (χ1n) is 6.47. The Kier molecular flexibility index (Phi) is 6.45. The summed E-state index contributed by atoms with van der Waals surface area (Å²) in [4.78, 5) is 0. The van der Waals surface area contributed by atoms with Crippen LogP contribution in [0.4, 0.5) is 0 Å². The molecule has 1 nitrogen and oxygen atoms in total. The molecule has 0 aliphatic heterocycles. The average Bonchev–Trinajstić information content (AvgIpc) is 2.39. The number of hydrogen-bond donors (Lipinski definition) is 0. The molecule has 0 radical (unpaired) electrons. The van der Waals surface area contributed by atoms with E-state index in [1.54, 1.807) is 6.08 Å². The second-order valence-corrected chi connectivity index (χ2v) is 4.32. The van der Waals surface area contributed by atoms with E-state index in [9.17, 15) is 0 Å². The Balaban J connectivity index is 3.25. The van der Waals surface area contributed by atoms with Gasteiger partial charge in [-0.2, -0.15) is 0 Å². The van der Waals surface area contributed by atoms with Crippen LogP contribution < -0.4 is 4.74 Å². The van der Waals surface area contributed by atoms with Gasteiger partial charge in [-0.1, -0.05) is 43.0 Å². The van der Waals surface area contributed by atoms with Crippen molar-refractivity contribution in [1.29, 1.82) is 0 Å². The van der Waals surface area contributed by atoms with E-state index in [1.807, 2.05) is 18.2 Å². The number of hydrogen-bond acceptors (Lipinski definition) is 1. The Morgan fingerprint density at radius 1 is 0.789 bits per heavy atom. The van der Waals surface area contributed by atoms with Crippen LogP contribution in [-0.4, -0.2) is 6.61 Å². The quantitative estimate of drug-likeness (QED) is 0.592. The molecular formula is C18H22O. The molecule has 1 aromatic rings. The summed E-state index contributed by atoms with van der Waals surface area (Å²) in [7, 11) is 0. The molecule has 100 valence electrons. The van der Waals surface area contributed by atoms with E-state index >= 15 is 0 Å². The van der Waals surface area contributed by atoms with E-state index in [0.29, 0.717) is 6.61 Å². The fourth-order valence-corrected chi connectivity index (χ4v) is 2.05. The predicted octanol–water partition coefficient (Wildman–Crippen LogP) is 4.44. The Labute approximate surface area is 116 Å². The smallest absolute Gasteiger partial charge is 0.126 e. The van der Waals surface area contributed by atoms with Crippen molar-refractivity contribution in [3.05, 3.63) is 79.4 Å². The molecular weight excluding hydrogens is 232 g/mol. The molecule has 0 amide bonds. The first kappa shape index (κ1) is 15.0. The summed E-state index contributed by atoms with van der Waals surface area (Å²) in [5, 5.41) is 0. The summed E-state index contributed by atoms with van der Waals surface area (Å²) >= 11 is 0. The van der Waals surface area contributed by atoms with Crippen molar-refractivity contribution in [2.24, 2.45) is 0 Å². The maximum atomic E-state index is 5.82. The third-order valence-electron chi connectivity index (χ3n) is 2.76. The molecule has 0 aromatic heterocycles. The summed E-state index contributed by atoms with van der Waals surface area (Å²) in [6.07, 6.45) is 9.90. The molecule has 0 spiro atoms. The Bertz CT molecular complexity index is 438. The molecule has 0 saturated heterocycles. The molecule has 0 N–H and O–H groups in total. The third-order valence-corrected chi connectivity index (χ3v) is 2.76. The second-order valence-electron chi connectivity index (χ2n) is 4.32. The molecule has 0 aliphatic carbocycles. The summed E-state index contributed by atoms with van der Waals surface area (Å²) in [5.74, 6) is 0.938. The largest absolute Gasteiger partial charge is 0.489 e. The molecule has 1 heteroatoms. The summed E-state index contributed by atoms with van der Waals surface area (Å²) < 4.78 is 5.82. The first-order valence-corrected chi connectivity index (χ1v) is 6.47. The molecule has 0 fully saturated rings. The van der Waals surface area contributed by atoms with Gasteiger partial charge in [0, 0.05) is 0 Å². The number of benzene rings is 1. The number of rotatable bonds is 9.